The molecular formula is C14H16N2. The van der Waals surface area contributed by atoms with Crippen molar-refractivity contribution in [3.8, 4) is 6.07 Å². The van der Waals surface area contributed by atoms with E-state index in [9.17, 15) is 0 Å². The Morgan fingerprint density at radius 3 is 2.81 bits per heavy atom. The highest BCUT2D eigenvalue weighted by molar-refractivity contribution is 5.18. The van der Waals surface area contributed by atoms with Crippen molar-refractivity contribution in [1.29, 1.82) is 5.26 Å². The molecule has 2 heteroatoms. The third-order valence-corrected chi connectivity index (χ3v) is 3.06. The molecule has 1 heterocycles. The Hall–Kier alpha value is -1.59. The van der Waals surface area contributed by atoms with Crippen molar-refractivity contribution in [1.82, 2.24) is 4.90 Å². The van der Waals surface area contributed by atoms with Crippen molar-refractivity contribution in [2.75, 3.05) is 0 Å². The van der Waals surface area contributed by atoms with Gasteiger partial charge in [0.1, 0.15) is 6.04 Å². The molecule has 2 nitrogen and oxygen atoms in total. The minimum absolute atomic E-state index is 0.0797. The highest BCUT2D eigenvalue weighted by Gasteiger charge is 2.23. The molecule has 0 aromatic heterocycles. The van der Waals surface area contributed by atoms with Crippen LogP contribution in [0.2, 0.25) is 0 Å². The van der Waals surface area contributed by atoms with Gasteiger partial charge in [0.2, 0.25) is 0 Å². The van der Waals surface area contributed by atoms with Crippen molar-refractivity contribution in [3.63, 3.8) is 0 Å². The Morgan fingerprint density at radius 1 is 1.38 bits per heavy atom. The van der Waals surface area contributed by atoms with E-state index in [0.717, 1.165) is 13.0 Å². The molecule has 2 rings (SSSR count). The van der Waals surface area contributed by atoms with Crippen LogP contribution in [0, 0.1) is 11.3 Å². The van der Waals surface area contributed by atoms with Gasteiger partial charge < -0.3 is 0 Å². The molecule has 0 fully saturated rings. The zero-order chi connectivity index (χ0) is 11.4. The van der Waals surface area contributed by atoms with Gasteiger partial charge in [-0.1, -0.05) is 42.5 Å². The second-order valence-corrected chi connectivity index (χ2v) is 4.24. The van der Waals surface area contributed by atoms with Crippen LogP contribution in [-0.4, -0.2) is 17.0 Å². The smallest absolute Gasteiger partial charge is 0.117 e. The lowest BCUT2D eigenvalue weighted by atomic mass is 10.0. The first-order valence-corrected chi connectivity index (χ1v) is 5.67. The van der Waals surface area contributed by atoms with E-state index in [1.54, 1.807) is 0 Å². The number of nitrogens with zero attached hydrogens (tertiary/aromatic N) is 2. The van der Waals surface area contributed by atoms with Crippen LogP contribution in [0.25, 0.3) is 0 Å². The largest absolute Gasteiger partial charge is 0.278 e. The summed E-state index contributed by atoms with van der Waals surface area (Å²) in [5.74, 6) is 0. The second kappa shape index (κ2) is 4.96. The summed E-state index contributed by atoms with van der Waals surface area (Å²) in [6.07, 6.45) is 5.15. The van der Waals surface area contributed by atoms with Gasteiger partial charge in [-0.3, -0.25) is 4.90 Å². The molecule has 16 heavy (non-hydrogen) atoms. The van der Waals surface area contributed by atoms with E-state index in [1.807, 2.05) is 24.3 Å². The van der Waals surface area contributed by atoms with E-state index < -0.39 is 0 Å². The molecule has 0 amide bonds. The number of hydrogen-bond donors (Lipinski definition) is 0. The van der Waals surface area contributed by atoms with E-state index in [-0.39, 0.29) is 6.04 Å². The molecule has 1 aliphatic rings. The number of nitriles is 1. The van der Waals surface area contributed by atoms with Crippen LogP contribution in [-0.2, 0) is 6.54 Å². The molecule has 2 atom stereocenters. The zero-order valence-electron chi connectivity index (χ0n) is 9.50. The van der Waals surface area contributed by atoms with E-state index in [4.69, 9.17) is 5.26 Å². The maximum atomic E-state index is 9.11. The molecule has 1 aromatic carbocycles. The Kier molecular flexibility index (Phi) is 3.38. The summed E-state index contributed by atoms with van der Waals surface area (Å²) in [4.78, 5) is 2.25. The predicted octanol–water partition coefficient (Wildman–Crippen LogP) is 2.73. The van der Waals surface area contributed by atoms with Gasteiger partial charge in [0.05, 0.1) is 6.07 Å². The van der Waals surface area contributed by atoms with Crippen molar-refractivity contribution in [2.45, 2.75) is 32.0 Å². The first kappa shape index (κ1) is 10.9. The molecule has 82 valence electrons. The van der Waals surface area contributed by atoms with Crippen LogP contribution in [0.5, 0.6) is 0 Å². The lowest BCUT2D eigenvalue weighted by Gasteiger charge is -2.33. The third kappa shape index (κ3) is 2.32. The first-order valence-electron chi connectivity index (χ1n) is 5.67. The summed E-state index contributed by atoms with van der Waals surface area (Å²) in [7, 11) is 0. The normalized spacial score (nSPS) is 25.2. The fourth-order valence-corrected chi connectivity index (χ4v) is 2.09. The predicted molar refractivity (Wildman–Crippen MR) is 64.6 cm³/mol. The fraction of sp³-hybridized carbons (Fsp3) is 0.357. The Morgan fingerprint density at radius 2 is 2.12 bits per heavy atom. The minimum Gasteiger partial charge on any atom is -0.278 e. The van der Waals surface area contributed by atoms with E-state index in [0.29, 0.717) is 6.04 Å². The molecule has 0 bridgehead atoms. The van der Waals surface area contributed by atoms with Crippen LogP contribution in [0.15, 0.2) is 42.5 Å². The summed E-state index contributed by atoms with van der Waals surface area (Å²) < 4.78 is 0. The van der Waals surface area contributed by atoms with Gasteiger partial charge in [-0.25, -0.2) is 0 Å². The third-order valence-electron chi connectivity index (χ3n) is 3.06. The van der Waals surface area contributed by atoms with E-state index in [1.165, 1.54) is 5.56 Å². The Bertz CT molecular complexity index is 402. The molecule has 0 radical (unpaired) electrons. The topological polar surface area (TPSA) is 27.0 Å². The molecule has 1 aromatic rings. The SMILES string of the molecule is CC1CC=CC(C#N)N1Cc1ccccc1. The van der Waals surface area contributed by atoms with Gasteiger partial charge >= 0.3 is 0 Å². The first-order chi connectivity index (χ1) is 7.81. The molecule has 0 aliphatic carbocycles. The van der Waals surface area contributed by atoms with Crippen LogP contribution >= 0.6 is 0 Å². The molecule has 0 saturated heterocycles. The Balaban J connectivity index is 2.14. The lowest BCUT2D eigenvalue weighted by Crippen LogP contribution is -2.41. The summed E-state index contributed by atoms with van der Waals surface area (Å²) in [6, 6.07) is 13.0. The summed E-state index contributed by atoms with van der Waals surface area (Å²) in [5, 5.41) is 9.11. The molecule has 0 spiro atoms. The maximum Gasteiger partial charge on any atom is 0.117 e. The highest BCUT2D eigenvalue weighted by atomic mass is 15.2. The monoisotopic (exact) mass is 212 g/mol. The van der Waals surface area contributed by atoms with Gasteiger partial charge in [-0.05, 0) is 18.9 Å². The van der Waals surface area contributed by atoms with Gasteiger partial charge in [-0.2, -0.15) is 5.26 Å². The maximum absolute atomic E-state index is 9.11. The van der Waals surface area contributed by atoms with Crippen molar-refractivity contribution in [3.05, 3.63) is 48.0 Å². The van der Waals surface area contributed by atoms with Crippen LogP contribution in [0.3, 0.4) is 0 Å². The number of benzene rings is 1. The van der Waals surface area contributed by atoms with Gasteiger partial charge in [0, 0.05) is 12.6 Å². The lowest BCUT2D eigenvalue weighted by molar-refractivity contribution is 0.180. The second-order valence-electron chi connectivity index (χ2n) is 4.24. The van der Waals surface area contributed by atoms with Gasteiger partial charge in [0.15, 0.2) is 0 Å². The fourth-order valence-electron chi connectivity index (χ4n) is 2.09. The average molecular weight is 212 g/mol. The average Bonchev–Trinajstić information content (AvgIpc) is 2.33. The quantitative estimate of drug-likeness (QED) is 0.705. The van der Waals surface area contributed by atoms with Gasteiger partial charge in [0.25, 0.3) is 0 Å². The number of hydrogen-bond acceptors (Lipinski definition) is 2. The van der Waals surface area contributed by atoms with Crippen LogP contribution < -0.4 is 0 Å². The Labute approximate surface area is 96.8 Å². The van der Waals surface area contributed by atoms with Crippen molar-refractivity contribution in [2.24, 2.45) is 0 Å². The molecule has 0 N–H and O–H groups in total. The minimum atomic E-state index is -0.0797. The summed E-state index contributed by atoms with van der Waals surface area (Å²) in [5.41, 5.74) is 1.27. The standard InChI is InChI=1S/C14H16N2/c1-12-6-5-9-14(10-15)16(12)11-13-7-3-2-4-8-13/h2-5,7-9,12,14H,6,11H2,1H3. The summed E-state index contributed by atoms with van der Waals surface area (Å²) >= 11 is 0. The number of rotatable bonds is 2. The van der Waals surface area contributed by atoms with Gasteiger partial charge in [-0.15, -0.1) is 0 Å². The van der Waals surface area contributed by atoms with Crippen LogP contribution in [0.1, 0.15) is 18.9 Å². The summed E-state index contributed by atoms with van der Waals surface area (Å²) in [6.45, 7) is 3.03. The van der Waals surface area contributed by atoms with E-state index >= 15 is 0 Å². The zero-order valence-corrected chi connectivity index (χ0v) is 9.50. The van der Waals surface area contributed by atoms with E-state index in [2.05, 4.69) is 36.1 Å². The molecule has 1 aliphatic heterocycles. The van der Waals surface area contributed by atoms with Crippen LogP contribution in [0.4, 0.5) is 0 Å². The highest BCUT2D eigenvalue weighted by Crippen LogP contribution is 2.19. The molecule has 0 saturated carbocycles. The van der Waals surface area contributed by atoms with Crippen molar-refractivity contribution < 1.29 is 0 Å². The molecule has 2 unspecified atom stereocenters. The molecular weight excluding hydrogens is 196 g/mol. The van der Waals surface area contributed by atoms with Crippen molar-refractivity contribution >= 4 is 0 Å².